The molecule has 1 atom stereocenters. The van der Waals surface area contributed by atoms with Gasteiger partial charge in [0.1, 0.15) is 11.5 Å². The summed E-state index contributed by atoms with van der Waals surface area (Å²) in [6.07, 6.45) is -0.0322. The fourth-order valence-electron chi connectivity index (χ4n) is 3.25. The van der Waals surface area contributed by atoms with Crippen LogP contribution in [0.4, 0.5) is 4.39 Å². The van der Waals surface area contributed by atoms with Gasteiger partial charge in [-0.05, 0) is 37.1 Å². The lowest BCUT2D eigenvalue weighted by atomic mass is 9.98. The van der Waals surface area contributed by atoms with Crippen molar-refractivity contribution in [1.29, 1.82) is 0 Å². The molecule has 0 fully saturated rings. The van der Waals surface area contributed by atoms with Crippen LogP contribution in [-0.2, 0) is 9.53 Å². The summed E-state index contributed by atoms with van der Waals surface area (Å²) in [4.78, 5) is 25.1. The molecule has 0 saturated heterocycles. The first-order chi connectivity index (χ1) is 14.9. The predicted molar refractivity (Wildman–Crippen MR) is 113 cm³/mol. The van der Waals surface area contributed by atoms with E-state index in [4.69, 9.17) is 9.47 Å². The molecule has 3 rings (SSSR count). The van der Waals surface area contributed by atoms with Crippen molar-refractivity contribution in [2.45, 2.75) is 26.3 Å². The number of nitrogens with zero attached hydrogens (tertiary/aromatic N) is 2. The van der Waals surface area contributed by atoms with Crippen molar-refractivity contribution in [1.82, 2.24) is 15.1 Å². The fourth-order valence-corrected chi connectivity index (χ4v) is 3.25. The highest BCUT2D eigenvalue weighted by atomic mass is 19.1. The van der Waals surface area contributed by atoms with Gasteiger partial charge in [0.15, 0.2) is 5.69 Å². The molecule has 0 aliphatic heterocycles. The molecule has 2 aromatic carbocycles. The number of benzene rings is 2. The van der Waals surface area contributed by atoms with Gasteiger partial charge in [0.05, 0.1) is 26.2 Å². The minimum atomic E-state index is -0.614. The van der Waals surface area contributed by atoms with Crippen molar-refractivity contribution in [3.05, 3.63) is 77.2 Å². The van der Waals surface area contributed by atoms with Crippen LogP contribution >= 0.6 is 0 Å². The van der Waals surface area contributed by atoms with Gasteiger partial charge in [-0.3, -0.25) is 9.59 Å². The number of carbonyl (C=O) groups excluding carboxylic acids is 2. The summed E-state index contributed by atoms with van der Waals surface area (Å²) < 4.78 is 25.8. The van der Waals surface area contributed by atoms with Crippen LogP contribution < -0.4 is 10.1 Å². The smallest absolute Gasteiger partial charge is 0.308 e. The topological polar surface area (TPSA) is 82.5 Å². The minimum absolute atomic E-state index is 0.0301. The number of methoxy groups -OCH3 is 1. The molecular formula is C23H24FN3O4. The molecule has 31 heavy (non-hydrogen) atoms. The van der Waals surface area contributed by atoms with Gasteiger partial charge in [-0.25, -0.2) is 4.39 Å². The molecule has 1 N–H and O–H groups in total. The molecule has 0 aliphatic rings. The number of amides is 1. The highest BCUT2D eigenvalue weighted by molar-refractivity contribution is 5.93. The molecule has 0 bridgehead atoms. The van der Waals surface area contributed by atoms with Gasteiger partial charge in [-0.15, -0.1) is 0 Å². The van der Waals surface area contributed by atoms with Crippen molar-refractivity contribution < 1.29 is 23.5 Å². The summed E-state index contributed by atoms with van der Waals surface area (Å²) in [5.74, 6) is -1.25. The summed E-state index contributed by atoms with van der Waals surface area (Å²) in [6, 6.07) is 14.3. The third kappa shape index (κ3) is 5.09. The van der Waals surface area contributed by atoms with E-state index in [0.29, 0.717) is 0 Å². The first kappa shape index (κ1) is 22.0. The Labute approximate surface area is 179 Å². The Morgan fingerprint density at radius 3 is 2.55 bits per heavy atom. The van der Waals surface area contributed by atoms with Crippen molar-refractivity contribution in [2.75, 3.05) is 13.7 Å². The lowest BCUT2D eigenvalue weighted by molar-refractivity contribution is -0.143. The zero-order valence-corrected chi connectivity index (χ0v) is 17.6. The number of esters is 1. The molecule has 1 aromatic heterocycles. The van der Waals surface area contributed by atoms with Gasteiger partial charge in [0.2, 0.25) is 5.88 Å². The maximum Gasteiger partial charge on any atom is 0.308 e. The van der Waals surface area contributed by atoms with E-state index in [2.05, 4.69) is 10.4 Å². The van der Waals surface area contributed by atoms with E-state index in [0.717, 1.165) is 11.1 Å². The van der Waals surface area contributed by atoms with Gasteiger partial charge in [-0.1, -0.05) is 36.4 Å². The zero-order valence-electron chi connectivity index (χ0n) is 17.6. The van der Waals surface area contributed by atoms with Crippen LogP contribution in [0.1, 0.15) is 41.0 Å². The number of aromatic nitrogens is 2. The number of ether oxygens (including phenoxy) is 2. The molecule has 162 valence electrons. The maximum absolute atomic E-state index is 14.2. The lowest BCUT2D eigenvalue weighted by Crippen LogP contribution is -2.31. The first-order valence-corrected chi connectivity index (χ1v) is 9.85. The summed E-state index contributed by atoms with van der Waals surface area (Å²) in [5, 5.41) is 7.07. The Bertz CT molecular complexity index is 1080. The number of rotatable bonds is 8. The van der Waals surface area contributed by atoms with E-state index >= 15 is 0 Å². The second-order valence-electron chi connectivity index (χ2n) is 6.83. The number of hydrogen-bond acceptors (Lipinski definition) is 5. The molecule has 1 heterocycles. The highest BCUT2D eigenvalue weighted by Gasteiger charge is 2.24. The van der Waals surface area contributed by atoms with E-state index in [1.54, 1.807) is 19.1 Å². The average molecular weight is 425 g/mol. The van der Waals surface area contributed by atoms with Crippen LogP contribution in [0.5, 0.6) is 5.88 Å². The Hall–Kier alpha value is -3.68. The van der Waals surface area contributed by atoms with Gasteiger partial charge in [-0.2, -0.15) is 9.78 Å². The summed E-state index contributed by atoms with van der Waals surface area (Å²) >= 11 is 0. The minimum Gasteiger partial charge on any atom is -0.481 e. The molecule has 0 spiro atoms. The Kier molecular flexibility index (Phi) is 7.02. The molecule has 0 radical (unpaired) electrons. The zero-order chi connectivity index (χ0) is 22.4. The molecule has 0 unspecified atom stereocenters. The van der Waals surface area contributed by atoms with Crippen LogP contribution in [-0.4, -0.2) is 35.4 Å². The normalized spacial score (nSPS) is 11.6. The molecule has 8 heteroatoms. The number of nitrogens with one attached hydrogen (secondary N) is 1. The maximum atomic E-state index is 14.2. The third-order valence-electron chi connectivity index (χ3n) is 4.74. The quantitative estimate of drug-likeness (QED) is 0.556. The average Bonchev–Trinajstić information content (AvgIpc) is 3.18. The molecule has 0 aliphatic carbocycles. The molecule has 7 nitrogen and oxygen atoms in total. The van der Waals surface area contributed by atoms with Crippen molar-refractivity contribution in [2.24, 2.45) is 0 Å². The van der Waals surface area contributed by atoms with Gasteiger partial charge in [0.25, 0.3) is 5.91 Å². The third-order valence-corrected chi connectivity index (χ3v) is 4.74. The second kappa shape index (κ2) is 9.88. The number of para-hydroxylation sites is 1. The SMILES string of the molecule is CCOC(=O)C[C@H](NC(=O)c1cc(OC)n(-c2ccccc2F)n1)c1ccccc1C. The number of aryl methyl sites for hydroxylation is 1. The Morgan fingerprint density at radius 1 is 1.16 bits per heavy atom. The summed E-state index contributed by atoms with van der Waals surface area (Å²) in [6.45, 7) is 3.87. The standard InChI is InChI=1S/C23H24FN3O4/c1-4-31-22(28)14-18(16-10-6-5-9-15(16)2)25-23(29)19-13-21(30-3)27(26-19)20-12-8-7-11-17(20)24/h5-13,18H,4,14H2,1-3H3,(H,25,29)/t18-/m0/s1. The predicted octanol–water partition coefficient (Wildman–Crippen LogP) is 3.75. The van der Waals surface area contributed by atoms with Crippen LogP contribution in [0.15, 0.2) is 54.6 Å². The first-order valence-electron chi connectivity index (χ1n) is 9.85. The van der Waals surface area contributed by atoms with Crippen molar-refractivity contribution in [3.63, 3.8) is 0 Å². The highest BCUT2D eigenvalue weighted by Crippen LogP contribution is 2.24. The number of halogens is 1. The van der Waals surface area contributed by atoms with Crippen LogP contribution in [0.3, 0.4) is 0 Å². The van der Waals surface area contributed by atoms with Crippen LogP contribution in [0.2, 0.25) is 0 Å². The molecular weight excluding hydrogens is 401 g/mol. The Morgan fingerprint density at radius 2 is 1.87 bits per heavy atom. The van der Waals surface area contributed by atoms with Crippen LogP contribution in [0.25, 0.3) is 5.69 Å². The Balaban J connectivity index is 1.90. The van der Waals surface area contributed by atoms with Crippen molar-refractivity contribution >= 4 is 11.9 Å². The van der Waals surface area contributed by atoms with Gasteiger partial charge >= 0.3 is 5.97 Å². The van der Waals surface area contributed by atoms with E-state index in [1.165, 1.54) is 30.0 Å². The molecule has 0 saturated carbocycles. The van der Waals surface area contributed by atoms with Crippen molar-refractivity contribution in [3.8, 4) is 11.6 Å². The summed E-state index contributed by atoms with van der Waals surface area (Å²) in [7, 11) is 1.41. The lowest BCUT2D eigenvalue weighted by Gasteiger charge is -2.20. The number of hydrogen-bond donors (Lipinski definition) is 1. The van der Waals surface area contributed by atoms with E-state index < -0.39 is 23.7 Å². The molecule has 3 aromatic rings. The van der Waals surface area contributed by atoms with E-state index in [-0.39, 0.29) is 30.3 Å². The summed E-state index contributed by atoms with van der Waals surface area (Å²) in [5.41, 5.74) is 1.90. The van der Waals surface area contributed by atoms with Gasteiger partial charge < -0.3 is 14.8 Å². The number of carbonyl (C=O) groups is 2. The molecule has 1 amide bonds. The second-order valence-corrected chi connectivity index (χ2v) is 6.83. The monoisotopic (exact) mass is 425 g/mol. The van der Waals surface area contributed by atoms with E-state index in [1.807, 2.05) is 31.2 Å². The largest absolute Gasteiger partial charge is 0.481 e. The van der Waals surface area contributed by atoms with Crippen LogP contribution in [0, 0.1) is 12.7 Å². The van der Waals surface area contributed by atoms with Gasteiger partial charge in [0, 0.05) is 6.07 Å². The fraction of sp³-hybridized carbons (Fsp3) is 0.261. The van der Waals surface area contributed by atoms with E-state index in [9.17, 15) is 14.0 Å².